The predicted octanol–water partition coefficient (Wildman–Crippen LogP) is 1.62. The van der Waals surface area contributed by atoms with Gasteiger partial charge in [0.2, 0.25) is 0 Å². The van der Waals surface area contributed by atoms with Crippen LogP contribution < -0.4 is 11.1 Å². The number of aliphatic imine (C=N–C) groups is 1. The topological polar surface area (TPSA) is 94.0 Å². The Balaban J connectivity index is 1.50. The summed E-state index contributed by atoms with van der Waals surface area (Å²) in [5.41, 5.74) is 7.92. The molecule has 0 unspecified atom stereocenters. The van der Waals surface area contributed by atoms with E-state index in [2.05, 4.69) is 25.3 Å². The lowest BCUT2D eigenvalue weighted by atomic mass is 10.3. The molecule has 0 amide bonds. The molecule has 0 spiro atoms. The number of hydrogen-bond donors (Lipinski definition) is 2. The summed E-state index contributed by atoms with van der Waals surface area (Å²) >= 11 is 0. The van der Waals surface area contributed by atoms with E-state index in [9.17, 15) is 0 Å². The van der Waals surface area contributed by atoms with Gasteiger partial charge in [0, 0.05) is 43.4 Å². The molecular weight excluding hydrogens is 314 g/mol. The van der Waals surface area contributed by atoms with Crippen molar-refractivity contribution in [3.05, 3.63) is 72.2 Å². The average Bonchev–Trinajstić information content (AvgIpc) is 3.07. The Bertz CT molecular complexity index is 822. The van der Waals surface area contributed by atoms with E-state index < -0.39 is 0 Å². The minimum absolute atomic E-state index is 0.422. The number of hydrogen-bond acceptors (Lipinski definition) is 4. The highest BCUT2D eigenvalue weighted by molar-refractivity contribution is 5.77. The summed E-state index contributed by atoms with van der Waals surface area (Å²) in [6.45, 7) is 3.12. The van der Waals surface area contributed by atoms with Gasteiger partial charge >= 0.3 is 0 Å². The maximum absolute atomic E-state index is 5.90. The molecule has 0 atom stereocenters. The number of nitrogens with one attached hydrogen (secondary N) is 1. The van der Waals surface area contributed by atoms with E-state index in [1.165, 1.54) is 0 Å². The summed E-state index contributed by atoms with van der Waals surface area (Å²) in [7, 11) is 0. The van der Waals surface area contributed by atoms with Crippen LogP contribution in [0.4, 0.5) is 0 Å². The fourth-order valence-corrected chi connectivity index (χ4v) is 2.37. The molecule has 0 bridgehead atoms. The van der Waals surface area contributed by atoms with Crippen molar-refractivity contribution in [2.24, 2.45) is 10.7 Å². The number of aromatic nitrogens is 4. The fourth-order valence-electron chi connectivity index (χ4n) is 2.37. The Morgan fingerprint density at radius 3 is 2.76 bits per heavy atom. The zero-order valence-electron chi connectivity index (χ0n) is 14.1. The Labute approximate surface area is 146 Å². The number of nitrogens with zero attached hydrogens (tertiary/aromatic N) is 5. The van der Waals surface area contributed by atoms with Gasteiger partial charge in [-0.2, -0.15) is 0 Å². The average molecular weight is 335 g/mol. The molecule has 25 heavy (non-hydrogen) atoms. The zero-order chi connectivity index (χ0) is 17.5. The van der Waals surface area contributed by atoms with Crippen LogP contribution in [0.3, 0.4) is 0 Å². The Morgan fingerprint density at radius 2 is 2.08 bits per heavy atom. The predicted molar refractivity (Wildman–Crippen MR) is 97.4 cm³/mol. The molecule has 0 aliphatic carbocycles. The highest BCUT2D eigenvalue weighted by Crippen LogP contribution is 2.08. The third kappa shape index (κ3) is 4.63. The molecule has 0 aromatic carbocycles. The van der Waals surface area contributed by atoms with E-state index in [1.54, 1.807) is 18.6 Å². The standard InChI is InChI=1S/C18H21N7/c1-14-20-10-11-25(14)17-6-5-15(12-23-17)13-24-18(19)22-9-7-16-4-2-3-8-21-16/h2-6,8,10-12H,7,9,13H2,1H3,(H3,19,22,24). The molecule has 0 saturated carbocycles. The zero-order valence-corrected chi connectivity index (χ0v) is 14.1. The first-order valence-corrected chi connectivity index (χ1v) is 8.11. The van der Waals surface area contributed by atoms with Crippen molar-refractivity contribution in [1.82, 2.24) is 24.8 Å². The number of guanidine groups is 1. The SMILES string of the molecule is Cc1nccn1-c1ccc(CN=C(N)NCCc2ccccn2)cn1. The van der Waals surface area contributed by atoms with E-state index in [1.807, 2.05) is 48.0 Å². The second-order valence-corrected chi connectivity index (χ2v) is 5.57. The number of rotatable bonds is 6. The molecular formula is C18H21N7. The van der Waals surface area contributed by atoms with Gasteiger partial charge in [-0.05, 0) is 30.7 Å². The van der Waals surface area contributed by atoms with E-state index in [0.29, 0.717) is 19.0 Å². The third-order valence-corrected chi connectivity index (χ3v) is 3.73. The van der Waals surface area contributed by atoms with E-state index in [0.717, 1.165) is 29.3 Å². The minimum atomic E-state index is 0.422. The highest BCUT2D eigenvalue weighted by Gasteiger charge is 2.02. The fraction of sp³-hybridized carbons (Fsp3) is 0.222. The molecule has 0 aliphatic heterocycles. The van der Waals surface area contributed by atoms with Crippen LogP contribution in [0.1, 0.15) is 17.1 Å². The smallest absolute Gasteiger partial charge is 0.188 e. The monoisotopic (exact) mass is 335 g/mol. The minimum Gasteiger partial charge on any atom is -0.370 e. The molecule has 3 heterocycles. The molecule has 3 aromatic rings. The first-order chi connectivity index (χ1) is 12.2. The molecule has 0 radical (unpaired) electrons. The summed E-state index contributed by atoms with van der Waals surface area (Å²) < 4.78 is 1.93. The van der Waals surface area contributed by atoms with Crippen LogP contribution in [0, 0.1) is 6.92 Å². The largest absolute Gasteiger partial charge is 0.370 e. The molecule has 0 saturated heterocycles. The van der Waals surface area contributed by atoms with Gasteiger partial charge in [0.15, 0.2) is 5.96 Å². The number of pyridine rings is 2. The lowest BCUT2D eigenvalue weighted by molar-refractivity contribution is 0.827. The molecule has 7 heteroatoms. The van der Waals surface area contributed by atoms with Crippen molar-refractivity contribution in [2.45, 2.75) is 19.9 Å². The molecule has 128 valence electrons. The number of imidazole rings is 1. The van der Waals surface area contributed by atoms with Gasteiger partial charge in [-0.3, -0.25) is 9.55 Å². The van der Waals surface area contributed by atoms with Gasteiger partial charge in [0.25, 0.3) is 0 Å². The number of aryl methyl sites for hydroxylation is 1. The van der Waals surface area contributed by atoms with Gasteiger partial charge in [0.05, 0.1) is 6.54 Å². The van der Waals surface area contributed by atoms with Crippen molar-refractivity contribution in [3.8, 4) is 5.82 Å². The van der Waals surface area contributed by atoms with Crippen LogP contribution >= 0.6 is 0 Å². The molecule has 3 aromatic heterocycles. The van der Waals surface area contributed by atoms with Gasteiger partial charge < -0.3 is 11.1 Å². The van der Waals surface area contributed by atoms with Crippen LogP contribution in [0.25, 0.3) is 5.82 Å². The maximum Gasteiger partial charge on any atom is 0.188 e. The van der Waals surface area contributed by atoms with Gasteiger partial charge in [-0.15, -0.1) is 0 Å². The van der Waals surface area contributed by atoms with Crippen molar-refractivity contribution in [2.75, 3.05) is 6.54 Å². The van der Waals surface area contributed by atoms with E-state index >= 15 is 0 Å². The van der Waals surface area contributed by atoms with Crippen molar-refractivity contribution >= 4 is 5.96 Å². The van der Waals surface area contributed by atoms with Crippen LogP contribution in [0.15, 0.2) is 60.1 Å². The van der Waals surface area contributed by atoms with Gasteiger partial charge in [0.1, 0.15) is 11.6 Å². The van der Waals surface area contributed by atoms with Crippen LogP contribution in [0.2, 0.25) is 0 Å². The normalized spacial score (nSPS) is 11.5. The molecule has 3 rings (SSSR count). The Kier molecular flexibility index (Phi) is 5.36. The highest BCUT2D eigenvalue weighted by atomic mass is 15.1. The van der Waals surface area contributed by atoms with Crippen LogP contribution in [-0.4, -0.2) is 32.0 Å². The lowest BCUT2D eigenvalue weighted by Gasteiger charge is -2.06. The second-order valence-electron chi connectivity index (χ2n) is 5.57. The van der Waals surface area contributed by atoms with E-state index in [4.69, 9.17) is 5.73 Å². The van der Waals surface area contributed by atoms with Crippen LogP contribution in [-0.2, 0) is 13.0 Å². The molecule has 0 aliphatic rings. The molecule has 0 fully saturated rings. The molecule has 3 N–H and O–H groups in total. The first kappa shape index (κ1) is 16.6. The van der Waals surface area contributed by atoms with Gasteiger partial charge in [-0.25, -0.2) is 15.0 Å². The Hall–Kier alpha value is -3.22. The first-order valence-electron chi connectivity index (χ1n) is 8.11. The van der Waals surface area contributed by atoms with Crippen molar-refractivity contribution < 1.29 is 0 Å². The Morgan fingerprint density at radius 1 is 1.16 bits per heavy atom. The maximum atomic E-state index is 5.90. The summed E-state index contributed by atoms with van der Waals surface area (Å²) in [5, 5.41) is 3.10. The summed E-state index contributed by atoms with van der Waals surface area (Å²) in [6, 6.07) is 9.81. The summed E-state index contributed by atoms with van der Waals surface area (Å²) in [4.78, 5) is 17.3. The summed E-state index contributed by atoms with van der Waals surface area (Å²) in [5.74, 6) is 2.16. The third-order valence-electron chi connectivity index (χ3n) is 3.73. The molecule has 7 nitrogen and oxygen atoms in total. The quantitative estimate of drug-likeness (QED) is 0.527. The van der Waals surface area contributed by atoms with Crippen molar-refractivity contribution in [3.63, 3.8) is 0 Å². The number of nitrogens with two attached hydrogens (primary N) is 1. The van der Waals surface area contributed by atoms with E-state index in [-0.39, 0.29) is 0 Å². The van der Waals surface area contributed by atoms with Crippen LogP contribution in [0.5, 0.6) is 0 Å². The van der Waals surface area contributed by atoms with Gasteiger partial charge in [-0.1, -0.05) is 12.1 Å². The van der Waals surface area contributed by atoms with Crippen molar-refractivity contribution in [1.29, 1.82) is 0 Å². The summed E-state index contributed by atoms with van der Waals surface area (Å²) in [6.07, 6.45) is 8.04. The second kappa shape index (κ2) is 8.05. The lowest BCUT2D eigenvalue weighted by Crippen LogP contribution is -2.33.